The molecule has 1 aliphatic rings. The van der Waals surface area contributed by atoms with Crippen molar-refractivity contribution in [2.75, 3.05) is 52.4 Å². The van der Waals surface area contributed by atoms with Crippen molar-refractivity contribution in [2.24, 2.45) is 0 Å². The first kappa shape index (κ1) is 18.3. The Morgan fingerprint density at radius 1 is 0.923 bits per heavy atom. The van der Waals surface area contributed by atoms with Crippen molar-refractivity contribution >= 4 is 5.69 Å². The van der Waals surface area contributed by atoms with Gasteiger partial charge in [-0.2, -0.15) is 0 Å². The fraction of sp³-hybridized carbons (Fsp3) is 0.400. The monoisotopic (exact) mass is 361 g/mol. The Kier molecular flexibility index (Phi) is 5.83. The van der Waals surface area contributed by atoms with Crippen LogP contribution in [0.5, 0.6) is 17.2 Å². The number of nitrogens with zero attached hydrogens (tertiary/aromatic N) is 1. The lowest BCUT2D eigenvalue weighted by Crippen LogP contribution is -3.13. The summed E-state index contributed by atoms with van der Waals surface area (Å²) in [4.78, 5) is 3.55. The van der Waals surface area contributed by atoms with Crippen LogP contribution in [-0.4, -0.2) is 47.5 Å². The van der Waals surface area contributed by atoms with Gasteiger partial charge in [-0.05, 0) is 18.2 Å². The molecule has 0 bridgehead atoms. The lowest BCUT2D eigenvalue weighted by atomic mass is 10.1. The summed E-state index contributed by atoms with van der Waals surface area (Å²) in [7, 11) is 4.91. The van der Waals surface area contributed by atoms with E-state index in [2.05, 4.69) is 4.90 Å². The molecule has 0 aromatic heterocycles. The zero-order chi connectivity index (χ0) is 18.5. The van der Waals surface area contributed by atoms with Gasteiger partial charge >= 0.3 is 0 Å². The highest BCUT2D eigenvalue weighted by Gasteiger charge is 2.24. The first-order valence-electron chi connectivity index (χ1n) is 8.78. The second-order valence-corrected chi connectivity index (χ2v) is 6.38. The smallest absolute Gasteiger partial charge is 0.164 e. The molecule has 3 rings (SSSR count). The molecule has 5 nitrogen and oxygen atoms in total. The number of piperazine rings is 1. The van der Waals surface area contributed by atoms with Gasteiger partial charge in [0, 0.05) is 6.07 Å². The molecule has 6 heteroatoms. The van der Waals surface area contributed by atoms with Gasteiger partial charge in [-0.1, -0.05) is 12.1 Å². The van der Waals surface area contributed by atoms with Crippen LogP contribution in [0.1, 0.15) is 5.56 Å². The van der Waals surface area contributed by atoms with Gasteiger partial charge in [-0.3, -0.25) is 0 Å². The maximum atomic E-state index is 14.0. The largest absolute Gasteiger partial charge is 0.496 e. The van der Waals surface area contributed by atoms with Crippen molar-refractivity contribution in [2.45, 2.75) is 6.54 Å². The average molecular weight is 361 g/mol. The number of rotatable bonds is 6. The van der Waals surface area contributed by atoms with Gasteiger partial charge in [0.25, 0.3) is 0 Å². The number of hydrogen-bond donors (Lipinski definition) is 1. The van der Waals surface area contributed by atoms with Crippen LogP contribution in [0.25, 0.3) is 0 Å². The van der Waals surface area contributed by atoms with Gasteiger partial charge in [0.1, 0.15) is 18.1 Å². The van der Waals surface area contributed by atoms with Gasteiger partial charge < -0.3 is 24.0 Å². The van der Waals surface area contributed by atoms with Crippen molar-refractivity contribution in [3.63, 3.8) is 0 Å². The lowest BCUT2D eigenvalue weighted by Gasteiger charge is -2.34. The Morgan fingerprint density at radius 3 is 2.15 bits per heavy atom. The molecule has 0 aliphatic carbocycles. The normalized spacial score (nSPS) is 15.0. The zero-order valence-corrected chi connectivity index (χ0v) is 15.5. The third kappa shape index (κ3) is 3.85. The Hall–Kier alpha value is -2.47. The Balaban J connectivity index is 1.69. The summed E-state index contributed by atoms with van der Waals surface area (Å²) in [5.74, 6) is 2.00. The second kappa shape index (κ2) is 8.27. The summed E-state index contributed by atoms with van der Waals surface area (Å²) < 4.78 is 30.3. The quantitative estimate of drug-likeness (QED) is 0.851. The molecule has 2 aromatic rings. The Labute approximate surface area is 153 Å². The fourth-order valence-electron chi connectivity index (χ4n) is 3.45. The molecule has 140 valence electrons. The first-order chi connectivity index (χ1) is 12.7. The summed E-state index contributed by atoms with van der Waals surface area (Å²) in [5, 5.41) is 0. The van der Waals surface area contributed by atoms with Gasteiger partial charge in [-0.15, -0.1) is 0 Å². The van der Waals surface area contributed by atoms with E-state index in [0.29, 0.717) is 17.2 Å². The van der Waals surface area contributed by atoms with E-state index < -0.39 is 0 Å². The number of hydrogen-bond acceptors (Lipinski definition) is 4. The second-order valence-electron chi connectivity index (χ2n) is 6.38. The van der Waals surface area contributed by atoms with Crippen molar-refractivity contribution < 1.29 is 23.5 Å². The van der Waals surface area contributed by atoms with Crippen molar-refractivity contribution in [3.05, 3.63) is 47.8 Å². The molecule has 0 atom stereocenters. The summed E-state index contributed by atoms with van der Waals surface area (Å²) >= 11 is 0. The average Bonchev–Trinajstić information content (AvgIpc) is 2.68. The number of quaternary nitrogens is 1. The standard InChI is InChI=1S/C20H25FN2O3/c1-24-18-13-20(26-3)19(25-2)12-15(18)14-22-8-10-23(11-9-22)17-7-5-4-6-16(17)21/h4-7,12-13H,8-11,14H2,1-3H3/p+1. The Bertz CT molecular complexity index is 746. The topological polar surface area (TPSA) is 35.4 Å². The Morgan fingerprint density at radius 2 is 1.54 bits per heavy atom. The molecular weight excluding hydrogens is 335 g/mol. The number of para-hydroxylation sites is 1. The first-order valence-corrected chi connectivity index (χ1v) is 8.78. The summed E-state index contributed by atoms with van der Waals surface area (Å²) in [6.07, 6.45) is 0. The summed E-state index contributed by atoms with van der Waals surface area (Å²) in [6.45, 7) is 4.35. The van der Waals surface area contributed by atoms with Crippen LogP contribution in [0.4, 0.5) is 10.1 Å². The number of ether oxygens (including phenoxy) is 3. The molecule has 0 saturated carbocycles. The molecule has 0 spiro atoms. The molecule has 1 fully saturated rings. The highest BCUT2D eigenvalue weighted by atomic mass is 19.1. The number of benzene rings is 2. The molecule has 0 amide bonds. The molecule has 0 radical (unpaired) electrons. The van der Waals surface area contributed by atoms with E-state index in [1.54, 1.807) is 27.4 Å². The molecule has 26 heavy (non-hydrogen) atoms. The van der Waals surface area contributed by atoms with Crippen LogP contribution in [-0.2, 0) is 6.54 Å². The van der Waals surface area contributed by atoms with Gasteiger partial charge in [-0.25, -0.2) is 4.39 Å². The highest BCUT2D eigenvalue weighted by Crippen LogP contribution is 2.34. The van der Waals surface area contributed by atoms with Crippen LogP contribution < -0.4 is 24.0 Å². The van der Waals surface area contributed by atoms with E-state index in [1.165, 1.54) is 11.0 Å². The molecular formula is C20H26FN2O3+. The third-order valence-corrected chi connectivity index (χ3v) is 4.89. The summed E-state index contributed by atoms with van der Waals surface area (Å²) in [5.41, 5.74) is 1.77. The fourth-order valence-corrected chi connectivity index (χ4v) is 3.45. The van der Waals surface area contributed by atoms with Crippen LogP contribution in [0.3, 0.4) is 0 Å². The molecule has 0 unspecified atom stereocenters. The van der Waals surface area contributed by atoms with E-state index >= 15 is 0 Å². The maximum Gasteiger partial charge on any atom is 0.164 e. The van der Waals surface area contributed by atoms with E-state index in [0.717, 1.165) is 44.0 Å². The van der Waals surface area contributed by atoms with Crippen LogP contribution in [0.15, 0.2) is 36.4 Å². The molecule has 1 aliphatic heterocycles. The van der Waals surface area contributed by atoms with E-state index in [9.17, 15) is 4.39 Å². The third-order valence-electron chi connectivity index (χ3n) is 4.89. The van der Waals surface area contributed by atoms with Gasteiger partial charge in [0.2, 0.25) is 0 Å². The summed E-state index contributed by atoms with van der Waals surface area (Å²) in [6, 6.07) is 10.8. The van der Waals surface area contributed by atoms with Crippen molar-refractivity contribution in [1.82, 2.24) is 0 Å². The van der Waals surface area contributed by atoms with Crippen LogP contribution >= 0.6 is 0 Å². The molecule has 2 aromatic carbocycles. The molecule has 1 N–H and O–H groups in total. The van der Waals surface area contributed by atoms with E-state index in [4.69, 9.17) is 14.2 Å². The van der Waals surface area contributed by atoms with Crippen LogP contribution in [0.2, 0.25) is 0 Å². The van der Waals surface area contributed by atoms with E-state index in [-0.39, 0.29) is 5.82 Å². The predicted octanol–water partition coefficient (Wildman–Crippen LogP) is 1.76. The molecule has 1 saturated heterocycles. The van der Waals surface area contributed by atoms with Gasteiger partial charge in [0.15, 0.2) is 11.5 Å². The zero-order valence-electron chi connectivity index (χ0n) is 15.5. The predicted molar refractivity (Wildman–Crippen MR) is 99.1 cm³/mol. The number of nitrogens with one attached hydrogen (secondary N) is 1. The number of methoxy groups -OCH3 is 3. The highest BCUT2D eigenvalue weighted by molar-refractivity contribution is 5.50. The molecule has 1 heterocycles. The van der Waals surface area contributed by atoms with E-state index in [1.807, 2.05) is 24.3 Å². The minimum absolute atomic E-state index is 0.155. The minimum atomic E-state index is -0.155. The van der Waals surface area contributed by atoms with Crippen molar-refractivity contribution in [3.8, 4) is 17.2 Å². The lowest BCUT2D eigenvalue weighted by molar-refractivity contribution is -0.914. The number of halogens is 1. The number of anilines is 1. The minimum Gasteiger partial charge on any atom is -0.496 e. The van der Waals surface area contributed by atoms with Gasteiger partial charge in [0.05, 0.1) is 58.8 Å². The SMILES string of the molecule is COc1cc(OC)c(OC)cc1C[NH+]1CCN(c2ccccc2F)CC1. The maximum absolute atomic E-state index is 14.0. The van der Waals surface area contributed by atoms with Crippen molar-refractivity contribution in [1.29, 1.82) is 0 Å². The van der Waals surface area contributed by atoms with Crippen LogP contribution in [0, 0.1) is 5.82 Å².